The highest BCUT2D eigenvalue weighted by Crippen LogP contribution is 2.36. The van der Waals surface area contributed by atoms with Crippen LogP contribution in [0.15, 0.2) is 54.9 Å². The van der Waals surface area contributed by atoms with Crippen LogP contribution in [0.3, 0.4) is 0 Å². The molecule has 0 bridgehead atoms. The normalized spacial score (nSPS) is 11.0. The molecule has 0 radical (unpaired) electrons. The highest BCUT2D eigenvalue weighted by molar-refractivity contribution is 14.2. The van der Waals surface area contributed by atoms with E-state index in [0.29, 0.717) is 22.9 Å². The minimum Gasteiger partial charge on any atom is -0.453 e. The summed E-state index contributed by atoms with van der Waals surface area (Å²) in [7, 11) is 1.40. The first-order chi connectivity index (χ1) is 12.7. The van der Waals surface area contributed by atoms with E-state index in [9.17, 15) is 9.18 Å². The van der Waals surface area contributed by atoms with Crippen molar-refractivity contribution in [3.05, 3.63) is 66.2 Å². The molecular weight excluding hydrogens is 468 g/mol. The SMILES string of the molecule is O=Cc1c(Oc2cccc(-c3ccn[nH]3)c2)c(F)cc2c1ccn2SI. The molecule has 0 fully saturated rings. The van der Waals surface area contributed by atoms with Crippen molar-refractivity contribution in [1.29, 1.82) is 0 Å². The van der Waals surface area contributed by atoms with Crippen LogP contribution in [-0.2, 0) is 0 Å². The second-order valence-corrected chi connectivity index (χ2v) is 7.18. The highest BCUT2D eigenvalue weighted by Gasteiger charge is 2.18. The number of aromatic amines is 1. The van der Waals surface area contributed by atoms with Crippen molar-refractivity contribution in [3.8, 4) is 22.8 Å². The first-order valence-corrected chi connectivity index (χ1v) is 10.9. The molecule has 130 valence electrons. The predicted molar refractivity (Wildman–Crippen MR) is 108 cm³/mol. The molecule has 0 saturated carbocycles. The van der Waals surface area contributed by atoms with Gasteiger partial charge >= 0.3 is 0 Å². The molecule has 0 aliphatic carbocycles. The monoisotopic (exact) mass is 479 g/mol. The second-order valence-electron chi connectivity index (χ2n) is 5.46. The molecule has 2 aromatic carbocycles. The minimum absolute atomic E-state index is 0.0783. The van der Waals surface area contributed by atoms with Crippen LogP contribution in [0.1, 0.15) is 10.4 Å². The smallest absolute Gasteiger partial charge is 0.174 e. The third kappa shape index (κ3) is 2.99. The fourth-order valence-electron chi connectivity index (χ4n) is 2.77. The maximum absolute atomic E-state index is 14.7. The van der Waals surface area contributed by atoms with Gasteiger partial charge in [-0.3, -0.25) is 13.9 Å². The number of halogens is 2. The number of aldehydes is 1. The number of rotatable bonds is 5. The molecule has 0 atom stereocenters. The molecule has 0 amide bonds. The molecule has 2 heterocycles. The number of benzene rings is 2. The summed E-state index contributed by atoms with van der Waals surface area (Å²) in [6.45, 7) is 0. The van der Waals surface area contributed by atoms with E-state index >= 15 is 0 Å². The number of aromatic nitrogens is 3. The molecule has 8 heteroatoms. The summed E-state index contributed by atoms with van der Waals surface area (Å²) in [5.74, 6) is -0.233. The van der Waals surface area contributed by atoms with Gasteiger partial charge in [-0.05, 0) is 24.3 Å². The van der Waals surface area contributed by atoms with Crippen LogP contribution >= 0.6 is 30.3 Å². The van der Waals surface area contributed by atoms with Crippen molar-refractivity contribution in [1.82, 2.24) is 14.2 Å². The third-order valence-corrected chi connectivity index (χ3v) is 5.70. The van der Waals surface area contributed by atoms with Crippen molar-refractivity contribution in [2.75, 3.05) is 0 Å². The molecule has 0 aliphatic rings. The lowest BCUT2D eigenvalue weighted by Gasteiger charge is -2.11. The van der Waals surface area contributed by atoms with Gasteiger partial charge in [0.25, 0.3) is 0 Å². The van der Waals surface area contributed by atoms with Crippen LogP contribution in [0.4, 0.5) is 4.39 Å². The molecule has 4 aromatic rings. The lowest BCUT2D eigenvalue weighted by atomic mass is 10.1. The maximum atomic E-state index is 14.7. The summed E-state index contributed by atoms with van der Waals surface area (Å²) in [6, 6.07) is 12.1. The molecule has 0 unspecified atom stereocenters. The second kappa shape index (κ2) is 7.12. The summed E-state index contributed by atoms with van der Waals surface area (Å²) in [4.78, 5) is 11.7. The molecule has 1 N–H and O–H groups in total. The van der Waals surface area contributed by atoms with Gasteiger partial charge in [-0.2, -0.15) is 5.10 Å². The Kier molecular flexibility index (Phi) is 4.68. The number of nitrogens with zero attached hydrogens (tertiary/aromatic N) is 2. The van der Waals surface area contributed by atoms with Gasteiger partial charge in [0.2, 0.25) is 0 Å². The number of ether oxygens (including phenoxy) is 1. The van der Waals surface area contributed by atoms with E-state index in [1.807, 2.05) is 12.1 Å². The maximum Gasteiger partial charge on any atom is 0.174 e. The zero-order chi connectivity index (χ0) is 18.1. The zero-order valence-corrected chi connectivity index (χ0v) is 16.1. The largest absolute Gasteiger partial charge is 0.453 e. The first-order valence-electron chi connectivity index (χ1n) is 7.56. The number of fused-ring (bicyclic) bond motifs is 1. The van der Waals surface area contributed by atoms with E-state index in [-0.39, 0.29) is 11.3 Å². The van der Waals surface area contributed by atoms with Crippen molar-refractivity contribution < 1.29 is 13.9 Å². The Morgan fingerprint density at radius 2 is 2.15 bits per heavy atom. The first kappa shape index (κ1) is 17.1. The summed E-state index contributed by atoms with van der Waals surface area (Å²) in [5, 5.41) is 7.44. The van der Waals surface area contributed by atoms with E-state index < -0.39 is 5.82 Å². The number of carbonyl (C=O) groups excluding carboxylic acids is 1. The van der Waals surface area contributed by atoms with Gasteiger partial charge in [0, 0.05) is 59.7 Å². The van der Waals surface area contributed by atoms with Gasteiger partial charge in [0.1, 0.15) is 5.75 Å². The van der Waals surface area contributed by atoms with Gasteiger partial charge in [0.05, 0.1) is 16.8 Å². The van der Waals surface area contributed by atoms with Crippen LogP contribution < -0.4 is 4.74 Å². The summed E-state index contributed by atoms with van der Waals surface area (Å²) in [6.07, 6.45) is 4.06. The molecular formula is C18H11FIN3O2S. The fourth-order valence-corrected chi connectivity index (χ4v) is 4.14. The van der Waals surface area contributed by atoms with Crippen molar-refractivity contribution >= 4 is 47.5 Å². The Morgan fingerprint density at radius 3 is 2.88 bits per heavy atom. The number of nitrogens with one attached hydrogen (secondary N) is 1. The quantitative estimate of drug-likeness (QED) is 0.298. The Morgan fingerprint density at radius 1 is 1.27 bits per heavy atom. The standard InChI is InChI=1S/C18H11FIN3O2S/c19-15-9-17-13(5-7-23(17)26-20)14(10-24)18(15)25-12-3-1-2-11(8-12)16-4-6-21-22-16/h1-10H,(H,21,22). The zero-order valence-electron chi connectivity index (χ0n) is 13.1. The van der Waals surface area contributed by atoms with E-state index in [2.05, 4.69) is 31.4 Å². The molecule has 0 spiro atoms. The number of hydrogen-bond acceptors (Lipinski definition) is 4. The van der Waals surface area contributed by atoms with Gasteiger partial charge in [0.15, 0.2) is 17.9 Å². The molecule has 26 heavy (non-hydrogen) atoms. The highest BCUT2D eigenvalue weighted by atomic mass is 127. The minimum atomic E-state index is -0.586. The molecule has 5 nitrogen and oxygen atoms in total. The Bertz CT molecular complexity index is 1100. The van der Waals surface area contributed by atoms with Gasteiger partial charge in [-0.25, -0.2) is 4.39 Å². The van der Waals surface area contributed by atoms with Crippen LogP contribution in [0.25, 0.3) is 22.2 Å². The lowest BCUT2D eigenvalue weighted by Crippen LogP contribution is -1.96. The van der Waals surface area contributed by atoms with Gasteiger partial charge in [-0.1, -0.05) is 12.1 Å². The van der Waals surface area contributed by atoms with Crippen LogP contribution in [-0.4, -0.2) is 20.5 Å². The average Bonchev–Trinajstić information content (AvgIpc) is 3.32. The van der Waals surface area contributed by atoms with Crippen molar-refractivity contribution in [2.24, 2.45) is 0 Å². The number of hydrogen-bond donors (Lipinski definition) is 1. The van der Waals surface area contributed by atoms with Gasteiger partial charge < -0.3 is 4.74 Å². The Labute approximate surface area is 164 Å². The molecule has 2 aromatic heterocycles. The van der Waals surface area contributed by atoms with Gasteiger partial charge in [-0.15, -0.1) is 0 Å². The molecule has 4 rings (SSSR count). The number of carbonyl (C=O) groups is 1. The van der Waals surface area contributed by atoms with Crippen molar-refractivity contribution in [3.63, 3.8) is 0 Å². The van der Waals surface area contributed by atoms with Crippen molar-refractivity contribution in [2.45, 2.75) is 0 Å². The van der Waals surface area contributed by atoms with Crippen LogP contribution in [0.2, 0.25) is 0 Å². The van der Waals surface area contributed by atoms with Crippen LogP contribution in [0.5, 0.6) is 11.5 Å². The number of H-pyrrole nitrogens is 1. The topological polar surface area (TPSA) is 59.9 Å². The summed E-state index contributed by atoms with van der Waals surface area (Å²) >= 11 is 2.10. The lowest BCUT2D eigenvalue weighted by molar-refractivity contribution is 0.112. The van der Waals surface area contributed by atoms with E-state index in [1.54, 1.807) is 40.6 Å². The molecule has 0 saturated heterocycles. The average molecular weight is 479 g/mol. The van der Waals surface area contributed by atoms with Crippen LogP contribution in [0, 0.1) is 5.82 Å². The third-order valence-electron chi connectivity index (χ3n) is 3.96. The summed E-state index contributed by atoms with van der Waals surface area (Å²) in [5.41, 5.74) is 2.48. The fraction of sp³-hybridized carbons (Fsp3) is 0. The predicted octanol–water partition coefficient (Wildman–Crippen LogP) is 5.62. The Hall–Kier alpha value is -2.33. The Balaban J connectivity index is 1.79. The summed E-state index contributed by atoms with van der Waals surface area (Å²) < 4.78 is 22.2. The van der Waals surface area contributed by atoms with E-state index in [1.165, 1.54) is 15.2 Å². The van der Waals surface area contributed by atoms with E-state index in [0.717, 1.165) is 11.3 Å². The molecule has 0 aliphatic heterocycles. The van der Waals surface area contributed by atoms with E-state index in [4.69, 9.17) is 4.74 Å².